The molecule has 0 amide bonds. The third-order valence-electron chi connectivity index (χ3n) is 0.971. The van der Waals surface area contributed by atoms with E-state index in [1.807, 2.05) is 0 Å². The molecule has 0 atom stereocenters. The Morgan fingerprint density at radius 2 is 1.73 bits per heavy atom. The number of hydrogen-bond acceptors (Lipinski definition) is 4. The molecular formula is C6H6MgO4. The van der Waals surface area contributed by atoms with Gasteiger partial charge in [0.25, 0.3) is 0 Å². The molecule has 0 aliphatic heterocycles. The molecule has 0 rings (SSSR count). The smallest absolute Gasteiger partial charge is 0.549 e. The molecule has 0 aliphatic carbocycles. The molecule has 4 nitrogen and oxygen atoms in total. The van der Waals surface area contributed by atoms with Crippen molar-refractivity contribution in [3.8, 4) is 0 Å². The van der Waals surface area contributed by atoms with Gasteiger partial charge in [0.05, 0.1) is 11.9 Å². The number of allylic oxidation sites excluding steroid dienone is 1. The number of hydrogen-bond donors (Lipinski definition) is 0. The van der Waals surface area contributed by atoms with E-state index < -0.39 is 17.9 Å². The van der Waals surface area contributed by atoms with Crippen LogP contribution in [0.4, 0.5) is 0 Å². The monoisotopic (exact) mass is 166 g/mol. The Kier molecular flexibility index (Phi) is 7.34. The van der Waals surface area contributed by atoms with Crippen LogP contribution in [0.25, 0.3) is 0 Å². The molecule has 0 saturated heterocycles. The molecule has 0 bridgehead atoms. The van der Waals surface area contributed by atoms with Gasteiger partial charge in [-0.25, -0.2) is 0 Å². The summed E-state index contributed by atoms with van der Waals surface area (Å²) in [6.07, 6.45) is 1.03. The minimum absolute atomic E-state index is 0. The summed E-state index contributed by atoms with van der Waals surface area (Å²) in [5.74, 6) is -4.85. The van der Waals surface area contributed by atoms with Gasteiger partial charge in [-0.05, 0) is 6.42 Å². The van der Waals surface area contributed by atoms with Gasteiger partial charge in [0.2, 0.25) is 0 Å². The zero-order valence-electron chi connectivity index (χ0n) is 5.91. The maximum absolute atomic E-state index is 9.95. The van der Waals surface area contributed by atoms with Crippen LogP contribution in [0.5, 0.6) is 0 Å². The molecular weight excluding hydrogens is 160 g/mol. The van der Waals surface area contributed by atoms with Crippen LogP contribution in [-0.2, 0) is 9.59 Å². The van der Waals surface area contributed by atoms with E-state index >= 15 is 0 Å². The largest absolute Gasteiger partial charge is 2.00 e. The predicted octanol–water partition coefficient (Wildman–Crippen LogP) is -2.70. The number of carboxylic acids is 2. The summed E-state index contributed by atoms with van der Waals surface area (Å²) in [6, 6.07) is 0. The molecule has 0 saturated carbocycles. The molecule has 56 valence electrons. The average Bonchev–Trinajstić information content (AvgIpc) is 1.81. The van der Waals surface area contributed by atoms with Crippen molar-refractivity contribution in [1.29, 1.82) is 0 Å². The predicted molar refractivity (Wildman–Crippen MR) is 34.1 cm³/mol. The molecule has 0 N–H and O–H groups in total. The van der Waals surface area contributed by atoms with Crippen molar-refractivity contribution >= 4 is 35.0 Å². The van der Waals surface area contributed by atoms with E-state index in [0.29, 0.717) is 0 Å². The van der Waals surface area contributed by atoms with Crippen LogP contribution in [0.2, 0.25) is 0 Å². The van der Waals surface area contributed by atoms with Gasteiger partial charge in [0.15, 0.2) is 0 Å². The normalized spacial score (nSPS) is 8.45. The maximum atomic E-state index is 9.95. The third-order valence-corrected chi connectivity index (χ3v) is 0.971. The van der Waals surface area contributed by atoms with Crippen LogP contribution in [-0.4, -0.2) is 35.0 Å². The number of carbonyl (C=O) groups is 2. The zero-order chi connectivity index (χ0) is 8.15. The van der Waals surface area contributed by atoms with Crippen LogP contribution < -0.4 is 10.2 Å². The van der Waals surface area contributed by atoms with Crippen LogP contribution in [0.3, 0.4) is 0 Å². The number of carboxylic acid groups (broad SMARTS) is 2. The second-order valence-corrected chi connectivity index (χ2v) is 1.72. The fourth-order valence-electron chi connectivity index (χ4n) is 0.455. The molecule has 0 aromatic heterocycles. The maximum Gasteiger partial charge on any atom is 2.00 e. The minimum atomic E-state index is -1.64. The van der Waals surface area contributed by atoms with E-state index in [2.05, 4.69) is 6.58 Å². The van der Waals surface area contributed by atoms with Crippen molar-refractivity contribution in [2.45, 2.75) is 6.42 Å². The van der Waals surface area contributed by atoms with Crippen LogP contribution in [0, 0.1) is 5.92 Å². The summed E-state index contributed by atoms with van der Waals surface area (Å²) in [7, 11) is 0. The fraction of sp³-hybridized carbons (Fsp3) is 0.333. The first-order valence-corrected chi connectivity index (χ1v) is 2.62. The molecule has 0 aromatic carbocycles. The molecule has 0 fully saturated rings. The van der Waals surface area contributed by atoms with Gasteiger partial charge in [-0.15, -0.1) is 6.58 Å². The first-order valence-electron chi connectivity index (χ1n) is 2.62. The number of carbonyl (C=O) groups excluding carboxylic acids is 2. The SMILES string of the molecule is C=CCC(C(=O)[O-])C(=O)[O-].[Mg+2]. The van der Waals surface area contributed by atoms with Crippen molar-refractivity contribution < 1.29 is 19.8 Å². The van der Waals surface area contributed by atoms with E-state index in [1.165, 1.54) is 6.08 Å². The Hall–Kier alpha value is -0.554. The summed E-state index contributed by atoms with van der Waals surface area (Å²) in [5.41, 5.74) is 0. The summed E-state index contributed by atoms with van der Waals surface area (Å²) in [6.45, 7) is 3.18. The van der Waals surface area contributed by atoms with Crippen LogP contribution in [0.15, 0.2) is 12.7 Å². The minimum Gasteiger partial charge on any atom is -0.549 e. The first kappa shape index (κ1) is 13.1. The summed E-state index contributed by atoms with van der Waals surface area (Å²) in [4.78, 5) is 19.9. The topological polar surface area (TPSA) is 80.3 Å². The van der Waals surface area contributed by atoms with Gasteiger partial charge in [-0.2, -0.15) is 0 Å². The van der Waals surface area contributed by atoms with Gasteiger partial charge in [-0.3, -0.25) is 0 Å². The average molecular weight is 166 g/mol. The number of rotatable bonds is 4. The molecule has 11 heavy (non-hydrogen) atoms. The van der Waals surface area contributed by atoms with Crippen LogP contribution >= 0.6 is 0 Å². The summed E-state index contributed by atoms with van der Waals surface area (Å²) in [5, 5.41) is 19.9. The van der Waals surface area contributed by atoms with E-state index in [1.54, 1.807) is 0 Å². The van der Waals surface area contributed by atoms with E-state index in [4.69, 9.17) is 0 Å². The van der Waals surface area contributed by atoms with Crippen molar-refractivity contribution in [2.75, 3.05) is 0 Å². The molecule has 0 heterocycles. The zero-order valence-corrected chi connectivity index (χ0v) is 7.32. The van der Waals surface area contributed by atoms with Crippen molar-refractivity contribution in [3.63, 3.8) is 0 Å². The molecule has 0 aromatic rings. The molecule has 0 unspecified atom stereocenters. The van der Waals surface area contributed by atoms with Crippen molar-refractivity contribution in [1.82, 2.24) is 0 Å². The van der Waals surface area contributed by atoms with E-state index in [9.17, 15) is 19.8 Å². The van der Waals surface area contributed by atoms with E-state index in [-0.39, 0.29) is 29.5 Å². The molecule has 5 heteroatoms. The molecule has 0 spiro atoms. The van der Waals surface area contributed by atoms with Gasteiger partial charge < -0.3 is 19.8 Å². The molecule has 0 aliphatic rings. The van der Waals surface area contributed by atoms with Crippen LogP contribution in [0.1, 0.15) is 6.42 Å². The third kappa shape index (κ3) is 4.80. The Morgan fingerprint density at radius 1 is 1.36 bits per heavy atom. The van der Waals surface area contributed by atoms with Gasteiger partial charge >= 0.3 is 23.1 Å². The molecule has 0 radical (unpaired) electrons. The van der Waals surface area contributed by atoms with Gasteiger partial charge in [0, 0.05) is 5.92 Å². The van der Waals surface area contributed by atoms with Gasteiger partial charge in [0.1, 0.15) is 0 Å². The second-order valence-electron chi connectivity index (χ2n) is 1.72. The first-order chi connectivity index (χ1) is 4.59. The fourth-order valence-corrected chi connectivity index (χ4v) is 0.455. The van der Waals surface area contributed by atoms with E-state index in [0.717, 1.165) is 0 Å². The summed E-state index contributed by atoms with van der Waals surface area (Å²) >= 11 is 0. The Morgan fingerprint density at radius 3 is 1.82 bits per heavy atom. The van der Waals surface area contributed by atoms with Crippen molar-refractivity contribution in [3.05, 3.63) is 12.7 Å². The van der Waals surface area contributed by atoms with Gasteiger partial charge in [-0.1, -0.05) is 6.08 Å². The number of aliphatic carboxylic acids is 2. The Bertz CT molecular complexity index is 152. The van der Waals surface area contributed by atoms with Crippen molar-refractivity contribution in [2.24, 2.45) is 5.92 Å². The second kappa shape index (κ2) is 6.18. The Balaban J connectivity index is 0. The standard InChI is InChI=1S/C6H8O4.Mg/c1-2-3-4(5(7)8)6(9)10;/h2,4H,1,3H2,(H,7,8)(H,9,10);/q;+2/p-2. The quantitative estimate of drug-likeness (QED) is 0.259. The Labute approximate surface area is 80.1 Å². The summed E-state index contributed by atoms with van der Waals surface area (Å²) < 4.78 is 0.